The summed E-state index contributed by atoms with van der Waals surface area (Å²) < 4.78 is 16.5. The van der Waals surface area contributed by atoms with Gasteiger partial charge in [0.2, 0.25) is 5.89 Å². The molecule has 1 aliphatic carbocycles. The van der Waals surface area contributed by atoms with Crippen LogP contribution in [-0.4, -0.2) is 39.5 Å². The lowest BCUT2D eigenvalue weighted by molar-refractivity contribution is -0.0769. The summed E-state index contributed by atoms with van der Waals surface area (Å²) in [5.74, 6) is 2.80. The van der Waals surface area contributed by atoms with E-state index in [0.29, 0.717) is 25.0 Å². The summed E-state index contributed by atoms with van der Waals surface area (Å²) in [7, 11) is 0. The van der Waals surface area contributed by atoms with Gasteiger partial charge in [0, 0.05) is 25.1 Å². The van der Waals surface area contributed by atoms with E-state index in [4.69, 9.17) is 13.8 Å². The summed E-state index contributed by atoms with van der Waals surface area (Å²) in [4.78, 5) is 6.87. The normalized spacial score (nSPS) is 26.5. The van der Waals surface area contributed by atoms with Gasteiger partial charge in [0.25, 0.3) is 0 Å². The van der Waals surface area contributed by atoms with Gasteiger partial charge < -0.3 is 13.8 Å². The number of rotatable bonds is 4. The zero-order chi connectivity index (χ0) is 15.1. The molecule has 1 aliphatic heterocycles. The fourth-order valence-corrected chi connectivity index (χ4v) is 2.99. The number of hydrogen-bond acceptors (Lipinski definition) is 7. The molecule has 22 heavy (non-hydrogen) atoms. The molecule has 2 fully saturated rings. The summed E-state index contributed by atoms with van der Waals surface area (Å²) in [6.45, 7) is 6.14. The van der Waals surface area contributed by atoms with Crippen LogP contribution in [-0.2, 0) is 11.3 Å². The van der Waals surface area contributed by atoms with E-state index < -0.39 is 0 Å². The predicted molar refractivity (Wildman–Crippen MR) is 76.1 cm³/mol. The van der Waals surface area contributed by atoms with Crippen LogP contribution in [0.3, 0.4) is 0 Å². The van der Waals surface area contributed by atoms with Gasteiger partial charge in [-0.25, -0.2) is 0 Å². The molecule has 0 radical (unpaired) electrons. The minimum atomic E-state index is -0.0363. The van der Waals surface area contributed by atoms with E-state index in [1.165, 1.54) is 0 Å². The molecule has 0 spiro atoms. The highest BCUT2D eigenvalue weighted by atomic mass is 16.5. The Morgan fingerprint density at radius 2 is 2.14 bits per heavy atom. The minimum absolute atomic E-state index is 0.00857. The first kappa shape index (κ1) is 13.9. The highest BCUT2D eigenvalue weighted by Crippen LogP contribution is 2.39. The van der Waals surface area contributed by atoms with Crippen LogP contribution in [0.2, 0.25) is 0 Å². The van der Waals surface area contributed by atoms with Crippen molar-refractivity contribution < 1.29 is 13.8 Å². The van der Waals surface area contributed by atoms with Gasteiger partial charge in [-0.3, -0.25) is 4.90 Å². The van der Waals surface area contributed by atoms with Crippen molar-refractivity contribution in [2.75, 3.05) is 13.2 Å². The van der Waals surface area contributed by atoms with E-state index in [0.717, 1.165) is 36.7 Å². The van der Waals surface area contributed by atoms with Gasteiger partial charge in [0.15, 0.2) is 5.82 Å². The average Bonchev–Trinajstić information content (AvgIpc) is 3.10. The predicted octanol–water partition coefficient (Wildman–Crippen LogP) is 2.21. The molecule has 2 aliphatic rings. The smallest absolute Gasteiger partial charge is 0.246 e. The molecule has 0 amide bonds. The molecule has 7 nitrogen and oxygen atoms in total. The maximum Gasteiger partial charge on any atom is 0.246 e. The van der Waals surface area contributed by atoms with Gasteiger partial charge in [-0.15, -0.1) is 0 Å². The quantitative estimate of drug-likeness (QED) is 0.857. The Morgan fingerprint density at radius 3 is 2.86 bits per heavy atom. The van der Waals surface area contributed by atoms with Crippen molar-refractivity contribution in [2.24, 2.45) is 0 Å². The van der Waals surface area contributed by atoms with Crippen LogP contribution in [0, 0.1) is 6.92 Å². The van der Waals surface area contributed by atoms with E-state index >= 15 is 0 Å². The third kappa shape index (κ3) is 2.66. The van der Waals surface area contributed by atoms with E-state index in [9.17, 15) is 0 Å². The van der Waals surface area contributed by atoms with Crippen molar-refractivity contribution in [2.45, 2.75) is 51.3 Å². The zero-order valence-corrected chi connectivity index (χ0v) is 12.9. The monoisotopic (exact) mass is 304 g/mol. The number of nitrogens with zero attached hydrogens (tertiary/aromatic N) is 4. The molecule has 118 valence electrons. The second kappa shape index (κ2) is 5.48. The Labute approximate surface area is 128 Å². The minimum Gasteiger partial charge on any atom is -0.375 e. The second-order valence-corrected chi connectivity index (χ2v) is 6.19. The number of aryl methyl sites for hydroxylation is 1. The lowest BCUT2D eigenvalue weighted by Gasteiger charge is -2.37. The third-order valence-electron chi connectivity index (χ3n) is 4.29. The number of morpholine rings is 1. The first-order chi connectivity index (χ1) is 10.7. The van der Waals surface area contributed by atoms with Gasteiger partial charge in [-0.1, -0.05) is 10.3 Å². The third-order valence-corrected chi connectivity index (χ3v) is 4.29. The molecule has 0 bridgehead atoms. The van der Waals surface area contributed by atoms with Crippen LogP contribution >= 0.6 is 0 Å². The molecule has 0 unspecified atom stereocenters. The highest BCUT2D eigenvalue weighted by Gasteiger charge is 2.37. The summed E-state index contributed by atoms with van der Waals surface area (Å²) in [6.07, 6.45) is 2.34. The topological polar surface area (TPSA) is 77.4 Å². The molecule has 3 heterocycles. The summed E-state index contributed by atoms with van der Waals surface area (Å²) in [6, 6.07) is 1.92. The summed E-state index contributed by atoms with van der Waals surface area (Å²) >= 11 is 0. The molecule has 7 heteroatoms. The molecular weight excluding hydrogens is 284 g/mol. The van der Waals surface area contributed by atoms with Crippen molar-refractivity contribution in [1.29, 1.82) is 0 Å². The molecule has 2 aromatic heterocycles. The van der Waals surface area contributed by atoms with Crippen LogP contribution in [0.1, 0.15) is 54.9 Å². The van der Waals surface area contributed by atoms with Crippen LogP contribution < -0.4 is 0 Å². The molecular formula is C15H20N4O3. The maximum absolute atomic E-state index is 5.79. The molecule has 0 aromatic carbocycles. The van der Waals surface area contributed by atoms with Crippen molar-refractivity contribution in [3.8, 4) is 0 Å². The van der Waals surface area contributed by atoms with Crippen molar-refractivity contribution >= 4 is 0 Å². The molecule has 2 atom stereocenters. The van der Waals surface area contributed by atoms with Gasteiger partial charge in [0.1, 0.15) is 11.8 Å². The molecule has 1 saturated carbocycles. The molecule has 4 rings (SSSR count). The number of hydrogen-bond donors (Lipinski definition) is 0. The maximum atomic E-state index is 5.79. The summed E-state index contributed by atoms with van der Waals surface area (Å²) in [5.41, 5.74) is 0.915. The fraction of sp³-hybridized carbons (Fsp3) is 0.667. The first-order valence-corrected chi connectivity index (χ1v) is 7.82. The van der Waals surface area contributed by atoms with Gasteiger partial charge >= 0.3 is 0 Å². The van der Waals surface area contributed by atoms with Gasteiger partial charge in [-0.05, 0) is 26.7 Å². The molecule has 0 N–H and O–H groups in total. The average molecular weight is 304 g/mol. The van der Waals surface area contributed by atoms with Crippen LogP contribution in [0.4, 0.5) is 0 Å². The van der Waals surface area contributed by atoms with Crippen LogP contribution in [0.15, 0.2) is 15.1 Å². The molecule has 1 saturated heterocycles. The Hall–Kier alpha value is -1.73. The standard InChI is InChI=1S/C15H20N4O3/c1-9-7-12(17-21-9)8-19-5-6-20-10(2)13(19)15-16-14(18-22-15)11-3-4-11/h7,10-11,13H,3-6,8H2,1-2H3/t10-,13+/m1/s1. The highest BCUT2D eigenvalue weighted by molar-refractivity contribution is 5.08. The Bertz CT molecular complexity index is 649. The lowest BCUT2D eigenvalue weighted by Crippen LogP contribution is -2.43. The van der Waals surface area contributed by atoms with E-state index in [1.807, 2.05) is 19.9 Å². The fourth-order valence-electron chi connectivity index (χ4n) is 2.99. The lowest BCUT2D eigenvalue weighted by atomic mass is 10.1. The first-order valence-electron chi connectivity index (χ1n) is 7.82. The molecule has 2 aromatic rings. The summed E-state index contributed by atoms with van der Waals surface area (Å²) in [5, 5.41) is 8.21. The van der Waals surface area contributed by atoms with Crippen LogP contribution in [0.5, 0.6) is 0 Å². The Morgan fingerprint density at radius 1 is 1.27 bits per heavy atom. The SMILES string of the molecule is Cc1cc(CN2CCO[C@H](C)[C@H]2c2nc(C3CC3)no2)no1. The number of aromatic nitrogens is 3. The second-order valence-electron chi connectivity index (χ2n) is 6.19. The van der Waals surface area contributed by atoms with Gasteiger partial charge in [-0.2, -0.15) is 4.98 Å². The Balaban J connectivity index is 1.56. The largest absolute Gasteiger partial charge is 0.375 e. The zero-order valence-electron chi connectivity index (χ0n) is 12.9. The van der Waals surface area contributed by atoms with E-state index in [1.54, 1.807) is 0 Å². The van der Waals surface area contributed by atoms with Gasteiger partial charge in [0.05, 0.1) is 18.4 Å². The van der Waals surface area contributed by atoms with Crippen molar-refractivity contribution in [3.63, 3.8) is 0 Å². The van der Waals surface area contributed by atoms with Crippen molar-refractivity contribution in [3.05, 3.63) is 29.2 Å². The Kier molecular flexibility index (Phi) is 3.46. The van der Waals surface area contributed by atoms with Crippen molar-refractivity contribution in [1.82, 2.24) is 20.2 Å². The van der Waals surface area contributed by atoms with E-state index in [2.05, 4.69) is 20.2 Å². The number of ether oxygens (including phenoxy) is 1. The van der Waals surface area contributed by atoms with Crippen LogP contribution in [0.25, 0.3) is 0 Å². The van der Waals surface area contributed by atoms with E-state index in [-0.39, 0.29) is 12.1 Å².